The Labute approximate surface area is 113 Å². The van der Waals surface area contributed by atoms with Crippen LogP contribution < -0.4 is 0 Å². The number of aromatic nitrogens is 1. The predicted molar refractivity (Wildman–Crippen MR) is 71.2 cm³/mol. The van der Waals surface area contributed by atoms with Crippen molar-refractivity contribution < 1.29 is 13.2 Å². The van der Waals surface area contributed by atoms with Crippen molar-refractivity contribution in [3.63, 3.8) is 0 Å². The van der Waals surface area contributed by atoms with Gasteiger partial charge >= 0.3 is 0 Å². The fraction of sp³-hybridized carbons (Fsp3) is 0.500. The van der Waals surface area contributed by atoms with Gasteiger partial charge in [0.15, 0.2) is 0 Å². The molecule has 1 amide bonds. The Hall–Kier alpha value is -1.47. The van der Waals surface area contributed by atoms with E-state index in [1.807, 2.05) is 0 Å². The number of pyridine rings is 1. The maximum atomic E-state index is 12.2. The van der Waals surface area contributed by atoms with Crippen LogP contribution in [0.2, 0.25) is 0 Å². The van der Waals surface area contributed by atoms with Crippen LogP contribution in [-0.2, 0) is 10.0 Å². The molecule has 0 unspecified atom stereocenters. The first-order valence-corrected chi connectivity index (χ1v) is 7.82. The van der Waals surface area contributed by atoms with Crippen LogP contribution in [0, 0.1) is 0 Å². The molecule has 0 radical (unpaired) electrons. The second-order valence-electron chi connectivity index (χ2n) is 4.33. The highest BCUT2D eigenvalue weighted by atomic mass is 32.2. The van der Waals surface area contributed by atoms with Gasteiger partial charge < -0.3 is 4.90 Å². The van der Waals surface area contributed by atoms with Gasteiger partial charge in [-0.3, -0.25) is 9.78 Å². The van der Waals surface area contributed by atoms with Crippen molar-refractivity contribution >= 4 is 15.9 Å². The van der Waals surface area contributed by atoms with Crippen molar-refractivity contribution in [1.29, 1.82) is 0 Å². The van der Waals surface area contributed by atoms with E-state index in [0.717, 1.165) is 0 Å². The lowest BCUT2D eigenvalue weighted by Crippen LogP contribution is -2.50. The quantitative estimate of drug-likeness (QED) is 0.794. The molecule has 1 fully saturated rings. The summed E-state index contributed by atoms with van der Waals surface area (Å²) in [5, 5.41) is 0. The standard InChI is InChI=1S/C12H17N3O3S/c1-2-19(17,18)15-9-7-14(8-10-15)12(16)11-3-5-13-6-4-11/h3-6H,2,7-10H2,1H3. The first-order valence-electron chi connectivity index (χ1n) is 6.21. The highest BCUT2D eigenvalue weighted by molar-refractivity contribution is 7.89. The second-order valence-corrected chi connectivity index (χ2v) is 6.59. The molecule has 1 saturated heterocycles. The number of sulfonamides is 1. The number of carbonyl (C=O) groups is 1. The molecule has 2 rings (SSSR count). The molecule has 1 aromatic heterocycles. The number of rotatable bonds is 3. The van der Waals surface area contributed by atoms with Gasteiger partial charge in [-0.1, -0.05) is 0 Å². The molecule has 0 bridgehead atoms. The Bertz CT molecular complexity index is 537. The van der Waals surface area contributed by atoms with Crippen LogP contribution in [0.5, 0.6) is 0 Å². The minimum atomic E-state index is -3.15. The molecule has 0 atom stereocenters. The van der Waals surface area contributed by atoms with Crippen molar-refractivity contribution in [2.45, 2.75) is 6.92 Å². The summed E-state index contributed by atoms with van der Waals surface area (Å²) in [4.78, 5) is 17.7. The van der Waals surface area contributed by atoms with Gasteiger partial charge in [0.05, 0.1) is 5.75 Å². The van der Waals surface area contributed by atoms with Crippen molar-refractivity contribution in [3.8, 4) is 0 Å². The number of piperazine rings is 1. The van der Waals surface area contributed by atoms with Crippen LogP contribution in [0.4, 0.5) is 0 Å². The van der Waals surface area contributed by atoms with Gasteiger partial charge in [0.25, 0.3) is 5.91 Å². The van der Waals surface area contributed by atoms with Gasteiger partial charge in [-0.2, -0.15) is 4.31 Å². The summed E-state index contributed by atoms with van der Waals surface area (Å²) in [7, 11) is -3.15. The summed E-state index contributed by atoms with van der Waals surface area (Å²) in [6, 6.07) is 3.33. The number of nitrogens with zero attached hydrogens (tertiary/aromatic N) is 3. The molecule has 1 aromatic rings. The summed E-state index contributed by atoms with van der Waals surface area (Å²) in [6.45, 7) is 3.23. The summed E-state index contributed by atoms with van der Waals surface area (Å²) < 4.78 is 24.9. The Kier molecular flexibility index (Phi) is 4.16. The topological polar surface area (TPSA) is 70.6 Å². The zero-order valence-corrected chi connectivity index (χ0v) is 11.6. The number of hydrogen-bond acceptors (Lipinski definition) is 4. The minimum absolute atomic E-state index is 0.0732. The monoisotopic (exact) mass is 283 g/mol. The molecule has 6 nitrogen and oxygen atoms in total. The average molecular weight is 283 g/mol. The van der Waals surface area contributed by atoms with E-state index in [1.54, 1.807) is 36.4 Å². The van der Waals surface area contributed by atoms with Gasteiger partial charge in [-0.25, -0.2) is 8.42 Å². The normalized spacial score (nSPS) is 17.4. The zero-order chi connectivity index (χ0) is 13.9. The van der Waals surface area contributed by atoms with E-state index in [-0.39, 0.29) is 11.7 Å². The van der Waals surface area contributed by atoms with Crippen molar-refractivity contribution in [2.75, 3.05) is 31.9 Å². The number of hydrogen-bond donors (Lipinski definition) is 0. The van der Waals surface area contributed by atoms with Crippen LogP contribution in [-0.4, -0.2) is 60.4 Å². The third-order valence-electron chi connectivity index (χ3n) is 3.21. The Balaban J connectivity index is 1.99. The lowest BCUT2D eigenvalue weighted by Gasteiger charge is -2.33. The van der Waals surface area contributed by atoms with Crippen molar-refractivity contribution in [1.82, 2.24) is 14.2 Å². The van der Waals surface area contributed by atoms with Crippen LogP contribution in [0.25, 0.3) is 0 Å². The third-order valence-corrected chi connectivity index (χ3v) is 5.09. The van der Waals surface area contributed by atoms with Crippen LogP contribution in [0.3, 0.4) is 0 Å². The van der Waals surface area contributed by atoms with E-state index in [9.17, 15) is 13.2 Å². The van der Waals surface area contributed by atoms with Crippen LogP contribution in [0.15, 0.2) is 24.5 Å². The molecular weight excluding hydrogens is 266 g/mol. The Morgan fingerprint density at radius 1 is 1.21 bits per heavy atom. The fourth-order valence-electron chi connectivity index (χ4n) is 2.03. The number of carbonyl (C=O) groups excluding carboxylic acids is 1. The van der Waals surface area contributed by atoms with Gasteiger partial charge in [0.2, 0.25) is 10.0 Å². The lowest BCUT2D eigenvalue weighted by atomic mass is 10.2. The maximum absolute atomic E-state index is 12.2. The van der Waals surface area contributed by atoms with Crippen LogP contribution >= 0.6 is 0 Å². The SMILES string of the molecule is CCS(=O)(=O)N1CCN(C(=O)c2ccncc2)CC1. The first-order chi connectivity index (χ1) is 9.04. The number of amides is 1. The van der Waals surface area contributed by atoms with E-state index in [2.05, 4.69) is 4.98 Å². The molecule has 0 aromatic carbocycles. The van der Waals surface area contributed by atoms with Crippen molar-refractivity contribution in [3.05, 3.63) is 30.1 Å². The van der Waals surface area contributed by atoms with Crippen molar-refractivity contribution in [2.24, 2.45) is 0 Å². The Morgan fingerprint density at radius 2 is 1.79 bits per heavy atom. The van der Waals surface area contributed by atoms with Crippen LogP contribution in [0.1, 0.15) is 17.3 Å². The molecule has 0 spiro atoms. The first kappa shape index (κ1) is 14.0. The fourth-order valence-corrected chi connectivity index (χ4v) is 3.11. The van der Waals surface area contributed by atoms with Gasteiger partial charge in [0, 0.05) is 44.1 Å². The molecule has 2 heterocycles. The lowest BCUT2D eigenvalue weighted by molar-refractivity contribution is 0.0698. The average Bonchev–Trinajstić information content (AvgIpc) is 2.47. The molecule has 1 aliphatic rings. The summed E-state index contributed by atoms with van der Waals surface area (Å²) >= 11 is 0. The van der Waals surface area contributed by atoms with E-state index < -0.39 is 10.0 Å². The predicted octanol–water partition coefficient (Wildman–Crippen LogP) is 0.189. The molecule has 0 saturated carbocycles. The van der Waals surface area contributed by atoms with E-state index in [4.69, 9.17) is 0 Å². The minimum Gasteiger partial charge on any atom is -0.336 e. The highest BCUT2D eigenvalue weighted by Gasteiger charge is 2.27. The molecule has 7 heteroatoms. The maximum Gasteiger partial charge on any atom is 0.254 e. The summed E-state index contributed by atoms with van der Waals surface area (Å²) in [5.41, 5.74) is 0.585. The van der Waals surface area contributed by atoms with Gasteiger partial charge in [-0.05, 0) is 19.1 Å². The smallest absolute Gasteiger partial charge is 0.254 e. The van der Waals surface area contributed by atoms with Gasteiger partial charge in [0.1, 0.15) is 0 Å². The molecule has 104 valence electrons. The molecule has 0 aliphatic carbocycles. The molecule has 0 N–H and O–H groups in total. The summed E-state index contributed by atoms with van der Waals surface area (Å²) in [6.07, 6.45) is 3.15. The highest BCUT2D eigenvalue weighted by Crippen LogP contribution is 2.11. The van der Waals surface area contributed by atoms with E-state index in [1.165, 1.54) is 4.31 Å². The molecular formula is C12H17N3O3S. The zero-order valence-electron chi connectivity index (χ0n) is 10.8. The van der Waals surface area contributed by atoms with Gasteiger partial charge in [-0.15, -0.1) is 0 Å². The second kappa shape index (κ2) is 5.66. The largest absolute Gasteiger partial charge is 0.336 e. The van der Waals surface area contributed by atoms with E-state index >= 15 is 0 Å². The Morgan fingerprint density at radius 3 is 2.32 bits per heavy atom. The third kappa shape index (κ3) is 3.10. The molecule has 1 aliphatic heterocycles. The molecule has 19 heavy (non-hydrogen) atoms. The van der Waals surface area contributed by atoms with E-state index in [0.29, 0.717) is 31.7 Å². The summed E-state index contributed by atoms with van der Waals surface area (Å²) in [5.74, 6) is 0.0293.